The number of sulfone groups is 1. The Morgan fingerprint density at radius 1 is 1.40 bits per heavy atom. The van der Waals surface area contributed by atoms with E-state index in [1.165, 1.54) is 4.31 Å². The van der Waals surface area contributed by atoms with Crippen LogP contribution in [0.1, 0.15) is 33.1 Å². The Morgan fingerprint density at radius 3 is 2.40 bits per heavy atom. The summed E-state index contributed by atoms with van der Waals surface area (Å²) in [5.41, 5.74) is 0. The number of sulfonamides is 1. The van der Waals surface area contributed by atoms with Gasteiger partial charge in [0.1, 0.15) is 0 Å². The predicted octanol–water partition coefficient (Wildman–Crippen LogP) is 0.0785. The Bertz CT molecular complexity index is 551. The average Bonchev–Trinajstić information content (AvgIpc) is 2.64. The zero-order valence-corrected chi connectivity index (χ0v) is 13.3. The van der Waals surface area contributed by atoms with Gasteiger partial charge in [-0.15, -0.1) is 0 Å². The van der Waals surface area contributed by atoms with Crippen molar-refractivity contribution in [1.29, 1.82) is 0 Å². The number of carboxylic acid groups (broad SMARTS) is 1. The quantitative estimate of drug-likeness (QED) is 0.709. The van der Waals surface area contributed by atoms with Crippen LogP contribution in [0, 0.1) is 0 Å². The van der Waals surface area contributed by atoms with Crippen molar-refractivity contribution in [2.24, 2.45) is 0 Å². The topological polar surface area (TPSA) is 109 Å². The van der Waals surface area contributed by atoms with Gasteiger partial charge in [-0.3, -0.25) is 4.79 Å². The van der Waals surface area contributed by atoms with E-state index in [1.807, 2.05) is 0 Å². The number of hydrogen-bond donors (Lipinski definition) is 1. The van der Waals surface area contributed by atoms with E-state index in [4.69, 9.17) is 5.11 Å². The molecule has 1 unspecified atom stereocenters. The molecular formula is C11H21NO6S2. The fourth-order valence-electron chi connectivity index (χ4n) is 2.25. The zero-order valence-electron chi connectivity index (χ0n) is 11.6. The maximum Gasteiger partial charge on any atom is 0.303 e. The SMILES string of the molecule is CC(C)N(CCCC(=O)O)S(=O)(=O)C1CCS(=O)(=O)C1. The third-order valence-electron chi connectivity index (χ3n) is 3.28. The van der Waals surface area contributed by atoms with Gasteiger partial charge in [-0.2, -0.15) is 4.31 Å². The summed E-state index contributed by atoms with van der Waals surface area (Å²) >= 11 is 0. The molecule has 1 rings (SSSR count). The summed E-state index contributed by atoms with van der Waals surface area (Å²) in [6.45, 7) is 3.49. The fourth-order valence-corrected chi connectivity index (χ4v) is 7.03. The van der Waals surface area contributed by atoms with E-state index in [9.17, 15) is 21.6 Å². The summed E-state index contributed by atoms with van der Waals surface area (Å²) in [6.07, 6.45) is 0.223. The van der Waals surface area contributed by atoms with Gasteiger partial charge in [0.05, 0.1) is 16.8 Å². The predicted molar refractivity (Wildman–Crippen MR) is 74.7 cm³/mol. The van der Waals surface area contributed by atoms with Crippen LogP contribution in [0.15, 0.2) is 0 Å². The van der Waals surface area contributed by atoms with Crippen molar-refractivity contribution in [1.82, 2.24) is 4.31 Å². The monoisotopic (exact) mass is 327 g/mol. The minimum Gasteiger partial charge on any atom is -0.481 e. The lowest BCUT2D eigenvalue weighted by Gasteiger charge is -2.28. The van der Waals surface area contributed by atoms with E-state index in [2.05, 4.69) is 0 Å². The van der Waals surface area contributed by atoms with Crippen LogP contribution in [0.25, 0.3) is 0 Å². The van der Waals surface area contributed by atoms with Crippen LogP contribution in [0.4, 0.5) is 0 Å². The van der Waals surface area contributed by atoms with E-state index in [1.54, 1.807) is 13.8 Å². The second-order valence-electron chi connectivity index (χ2n) is 5.27. The van der Waals surface area contributed by atoms with Crippen LogP contribution in [-0.2, 0) is 24.7 Å². The third kappa shape index (κ3) is 4.42. The highest BCUT2D eigenvalue weighted by molar-refractivity contribution is 7.95. The van der Waals surface area contributed by atoms with Crippen LogP contribution in [-0.4, -0.2) is 61.6 Å². The van der Waals surface area contributed by atoms with E-state index >= 15 is 0 Å². The Morgan fingerprint density at radius 2 is 2.00 bits per heavy atom. The number of aliphatic carboxylic acids is 1. The molecule has 7 nitrogen and oxygen atoms in total. The standard InChI is InChI=1S/C11H21NO6S2/c1-9(2)12(6-3-4-11(13)14)20(17,18)10-5-7-19(15,16)8-10/h9-10H,3-8H2,1-2H3,(H,13,14). The second kappa shape index (κ2) is 6.40. The largest absolute Gasteiger partial charge is 0.481 e. The van der Waals surface area contributed by atoms with Gasteiger partial charge in [0, 0.05) is 19.0 Å². The Labute approximate surface area is 119 Å². The Hall–Kier alpha value is -0.670. The minimum absolute atomic E-state index is 0.0992. The first-order valence-electron chi connectivity index (χ1n) is 6.49. The maximum absolute atomic E-state index is 12.5. The van der Waals surface area contributed by atoms with Gasteiger partial charge < -0.3 is 5.11 Å². The smallest absolute Gasteiger partial charge is 0.303 e. The highest BCUT2D eigenvalue weighted by Crippen LogP contribution is 2.24. The molecule has 0 saturated carbocycles. The van der Waals surface area contributed by atoms with E-state index in [0.717, 1.165) is 0 Å². The first-order valence-corrected chi connectivity index (χ1v) is 9.81. The van der Waals surface area contributed by atoms with Gasteiger partial charge in [0.2, 0.25) is 10.0 Å². The lowest BCUT2D eigenvalue weighted by atomic mass is 10.3. The Kier molecular flexibility index (Phi) is 5.56. The van der Waals surface area contributed by atoms with Crippen molar-refractivity contribution >= 4 is 25.8 Å². The molecular weight excluding hydrogens is 306 g/mol. The first-order chi connectivity index (χ1) is 9.06. The normalized spacial score (nSPS) is 22.5. The average molecular weight is 327 g/mol. The number of carbonyl (C=O) groups is 1. The third-order valence-corrected chi connectivity index (χ3v) is 7.77. The molecule has 1 heterocycles. The summed E-state index contributed by atoms with van der Waals surface area (Å²) in [4.78, 5) is 10.5. The zero-order chi connectivity index (χ0) is 15.6. The molecule has 0 bridgehead atoms. The number of hydrogen-bond acceptors (Lipinski definition) is 5. The lowest BCUT2D eigenvalue weighted by molar-refractivity contribution is -0.137. The molecule has 1 N–H and O–H groups in total. The van der Waals surface area contributed by atoms with E-state index in [-0.39, 0.29) is 43.4 Å². The number of rotatable bonds is 7. The molecule has 0 aromatic rings. The van der Waals surface area contributed by atoms with Crippen LogP contribution >= 0.6 is 0 Å². The van der Waals surface area contributed by atoms with Crippen LogP contribution in [0.2, 0.25) is 0 Å². The van der Waals surface area contributed by atoms with Crippen molar-refractivity contribution in [2.45, 2.75) is 44.4 Å². The van der Waals surface area contributed by atoms with Crippen LogP contribution in [0.5, 0.6) is 0 Å². The molecule has 0 aromatic carbocycles. The summed E-state index contributed by atoms with van der Waals surface area (Å²) in [5, 5.41) is 7.70. The van der Waals surface area contributed by atoms with E-state index < -0.39 is 31.1 Å². The van der Waals surface area contributed by atoms with Gasteiger partial charge in [0.25, 0.3) is 0 Å². The molecule has 1 fully saturated rings. The fraction of sp³-hybridized carbons (Fsp3) is 0.909. The molecule has 118 valence electrons. The summed E-state index contributed by atoms with van der Waals surface area (Å²) in [5.74, 6) is -1.41. The molecule has 20 heavy (non-hydrogen) atoms. The van der Waals surface area contributed by atoms with Crippen molar-refractivity contribution < 1.29 is 26.7 Å². The van der Waals surface area contributed by atoms with Gasteiger partial charge in [-0.25, -0.2) is 16.8 Å². The highest BCUT2D eigenvalue weighted by Gasteiger charge is 2.41. The molecule has 0 radical (unpaired) electrons. The summed E-state index contributed by atoms with van der Waals surface area (Å²) in [7, 11) is -6.98. The highest BCUT2D eigenvalue weighted by atomic mass is 32.2. The van der Waals surface area contributed by atoms with Crippen molar-refractivity contribution in [2.75, 3.05) is 18.1 Å². The molecule has 1 saturated heterocycles. The lowest BCUT2D eigenvalue weighted by Crippen LogP contribution is -2.44. The van der Waals surface area contributed by atoms with Gasteiger partial charge in [-0.05, 0) is 26.7 Å². The van der Waals surface area contributed by atoms with Crippen LogP contribution < -0.4 is 0 Å². The molecule has 1 atom stereocenters. The van der Waals surface area contributed by atoms with Crippen molar-refractivity contribution in [3.8, 4) is 0 Å². The van der Waals surface area contributed by atoms with Gasteiger partial charge in [-0.1, -0.05) is 0 Å². The molecule has 0 aliphatic carbocycles. The number of carboxylic acids is 1. The molecule has 0 amide bonds. The molecule has 1 aliphatic heterocycles. The van der Waals surface area contributed by atoms with Crippen molar-refractivity contribution in [3.63, 3.8) is 0 Å². The van der Waals surface area contributed by atoms with E-state index in [0.29, 0.717) is 0 Å². The number of nitrogens with zero attached hydrogens (tertiary/aromatic N) is 1. The maximum atomic E-state index is 12.5. The second-order valence-corrected chi connectivity index (χ2v) is 9.67. The summed E-state index contributed by atoms with van der Waals surface area (Å²) < 4.78 is 49.0. The Balaban J connectivity index is 2.82. The molecule has 9 heteroatoms. The van der Waals surface area contributed by atoms with Gasteiger partial charge in [0.15, 0.2) is 9.84 Å². The van der Waals surface area contributed by atoms with Gasteiger partial charge >= 0.3 is 5.97 Å². The molecule has 0 spiro atoms. The summed E-state index contributed by atoms with van der Waals surface area (Å²) in [6, 6.07) is -0.322. The first kappa shape index (κ1) is 17.4. The van der Waals surface area contributed by atoms with Crippen LogP contribution in [0.3, 0.4) is 0 Å². The van der Waals surface area contributed by atoms with Crippen molar-refractivity contribution in [3.05, 3.63) is 0 Å². The molecule has 0 aromatic heterocycles. The molecule has 1 aliphatic rings. The minimum atomic E-state index is -3.71.